The quantitative estimate of drug-likeness (QED) is 0.809. The lowest BCUT2D eigenvalue weighted by atomic mass is 10.2. The molecule has 0 fully saturated rings. The molecular weight excluding hydrogens is 333 g/mol. The van der Waals surface area contributed by atoms with Crippen LogP contribution in [0.25, 0.3) is 6.08 Å². The molecule has 0 saturated carbocycles. The van der Waals surface area contributed by atoms with Crippen LogP contribution in [0.3, 0.4) is 0 Å². The Morgan fingerprint density at radius 2 is 2.00 bits per heavy atom. The van der Waals surface area contributed by atoms with Crippen LogP contribution in [0.2, 0.25) is 10.0 Å². The van der Waals surface area contributed by atoms with Crippen molar-refractivity contribution in [1.82, 2.24) is 0 Å². The second kappa shape index (κ2) is 6.76. The summed E-state index contributed by atoms with van der Waals surface area (Å²) in [5.41, 5.74) is 0.837. The molecule has 0 aliphatic heterocycles. The van der Waals surface area contributed by atoms with Crippen LogP contribution in [0.4, 0.5) is 5.69 Å². The van der Waals surface area contributed by atoms with Gasteiger partial charge in [-0.2, -0.15) is 0 Å². The van der Waals surface area contributed by atoms with Crippen molar-refractivity contribution in [2.24, 2.45) is 0 Å². The van der Waals surface area contributed by atoms with E-state index in [1.165, 1.54) is 17.4 Å². The van der Waals surface area contributed by atoms with Crippen LogP contribution in [0.15, 0.2) is 35.7 Å². The zero-order valence-corrected chi connectivity index (χ0v) is 12.8. The number of rotatable bonds is 4. The number of aliphatic carboxylic acids is 1. The molecule has 0 bridgehead atoms. The minimum absolute atomic E-state index is 0.342. The SMILES string of the molecule is O=C(O)C=Cc1cc(C(=O)Nc2cc(Cl)ccc2Cl)cs1. The lowest BCUT2D eigenvalue weighted by molar-refractivity contribution is -0.131. The molecule has 2 rings (SSSR count). The smallest absolute Gasteiger partial charge is 0.328 e. The average molecular weight is 342 g/mol. The molecule has 21 heavy (non-hydrogen) atoms. The topological polar surface area (TPSA) is 66.4 Å². The van der Waals surface area contributed by atoms with Crippen molar-refractivity contribution in [3.63, 3.8) is 0 Å². The zero-order chi connectivity index (χ0) is 15.4. The Morgan fingerprint density at radius 3 is 2.71 bits per heavy atom. The maximum atomic E-state index is 12.1. The fraction of sp³-hybridized carbons (Fsp3) is 0. The molecule has 0 aliphatic rings. The summed E-state index contributed by atoms with van der Waals surface area (Å²) in [6, 6.07) is 6.37. The van der Waals surface area contributed by atoms with E-state index >= 15 is 0 Å². The van der Waals surface area contributed by atoms with Crippen LogP contribution in [-0.4, -0.2) is 17.0 Å². The van der Waals surface area contributed by atoms with Gasteiger partial charge in [0.15, 0.2) is 0 Å². The molecule has 0 atom stereocenters. The van der Waals surface area contributed by atoms with E-state index in [0.717, 1.165) is 6.08 Å². The maximum absolute atomic E-state index is 12.1. The highest BCUT2D eigenvalue weighted by Crippen LogP contribution is 2.26. The highest BCUT2D eigenvalue weighted by atomic mass is 35.5. The number of benzene rings is 1. The van der Waals surface area contributed by atoms with Crippen LogP contribution >= 0.6 is 34.5 Å². The van der Waals surface area contributed by atoms with E-state index in [0.29, 0.717) is 26.2 Å². The van der Waals surface area contributed by atoms with Gasteiger partial charge in [-0.25, -0.2) is 4.79 Å². The third-order valence-electron chi connectivity index (χ3n) is 2.45. The number of carboxylic acids is 1. The van der Waals surface area contributed by atoms with E-state index in [1.54, 1.807) is 29.6 Å². The maximum Gasteiger partial charge on any atom is 0.328 e. The summed E-state index contributed by atoms with van der Waals surface area (Å²) in [5.74, 6) is -1.38. The standard InChI is InChI=1S/C14H9Cl2NO3S/c15-9-1-3-11(16)12(6-9)17-14(20)8-5-10(21-7-8)2-4-13(18)19/h1-7H,(H,17,20)(H,18,19). The fourth-order valence-electron chi connectivity index (χ4n) is 1.50. The average Bonchev–Trinajstić information content (AvgIpc) is 2.89. The van der Waals surface area contributed by atoms with Crippen LogP contribution < -0.4 is 5.32 Å². The Balaban J connectivity index is 2.14. The van der Waals surface area contributed by atoms with Crippen molar-refractivity contribution in [3.8, 4) is 0 Å². The van der Waals surface area contributed by atoms with Gasteiger partial charge in [-0.15, -0.1) is 11.3 Å². The molecule has 0 radical (unpaired) electrons. The minimum atomic E-state index is -1.04. The summed E-state index contributed by atoms with van der Waals surface area (Å²) in [6.45, 7) is 0. The second-order valence-corrected chi connectivity index (χ2v) is 5.77. The van der Waals surface area contributed by atoms with Crippen molar-refractivity contribution in [1.29, 1.82) is 0 Å². The van der Waals surface area contributed by atoms with Gasteiger partial charge in [0.05, 0.1) is 16.3 Å². The Morgan fingerprint density at radius 1 is 1.24 bits per heavy atom. The van der Waals surface area contributed by atoms with Gasteiger partial charge < -0.3 is 10.4 Å². The van der Waals surface area contributed by atoms with Crippen LogP contribution in [-0.2, 0) is 4.79 Å². The number of thiophene rings is 1. The molecule has 2 N–H and O–H groups in total. The number of hydrogen-bond donors (Lipinski definition) is 2. The zero-order valence-electron chi connectivity index (χ0n) is 10.5. The van der Waals surface area contributed by atoms with Crippen molar-refractivity contribution >= 4 is 58.2 Å². The van der Waals surface area contributed by atoms with Crippen molar-refractivity contribution in [2.45, 2.75) is 0 Å². The Kier molecular flexibility index (Phi) is 5.01. The highest BCUT2D eigenvalue weighted by Gasteiger charge is 2.10. The molecule has 4 nitrogen and oxygen atoms in total. The number of halogens is 2. The molecule has 7 heteroatoms. The fourth-order valence-corrected chi connectivity index (χ4v) is 2.62. The lowest BCUT2D eigenvalue weighted by Gasteiger charge is -2.06. The molecule has 1 aromatic heterocycles. The van der Waals surface area contributed by atoms with E-state index in [-0.39, 0.29) is 5.91 Å². The van der Waals surface area contributed by atoms with Gasteiger partial charge in [0, 0.05) is 21.4 Å². The monoisotopic (exact) mass is 341 g/mol. The molecule has 1 amide bonds. The van der Waals surface area contributed by atoms with Crippen molar-refractivity contribution in [3.05, 3.63) is 56.2 Å². The first kappa shape index (κ1) is 15.6. The number of amides is 1. The van der Waals surface area contributed by atoms with E-state index in [2.05, 4.69) is 5.32 Å². The second-order valence-electron chi connectivity index (χ2n) is 3.99. The number of anilines is 1. The van der Waals surface area contributed by atoms with Gasteiger partial charge in [-0.1, -0.05) is 23.2 Å². The minimum Gasteiger partial charge on any atom is -0.478 e. The van der Waals surface area contributed by atoms with Gasteiger partial charge in [0.25, 0.3) is 5.91 Å². The molecule has 0 aliphatic carbocycles. The summed E-state index contributed by atoms with van der Waals surface area (Å²) in [5, 5.41) is 13.7. The summed E-state index contributed by atoms with van der Waals surface area (Å²) < 4.78 is 0. The predicted molar refractivity (Wildman–Crippen MR) is 85.4 cm³/mol. The summed E-state index contributed by atoms with van der Waals surface area (Å²) in [6.07, 6.45) is 2.44. The lowest BCUT2D eigenvalue weighted by Crippen LogP contribution is -2.11. The molecule has 0 unspecified atom stereocenters. The number of carbonyl (C=O) groups excluding carboxylic acids is 1. The van der Waals surface area contributed by atoms with Crippen LogP contribution in [0.5, 0.6) is 0 Å². The van der Waals surface area contributed by atoms with Gasteiger partial charge in [0.2, 0.25) is 0 Å². The predicted octanol–water partition coefficient (Wildman–Crippen LogP) is 4.41. The molecule has 2 aromatic rings. The molecule has 1 heterocycles. The Labute approximate surface area is 134 Å². The van der Waals surface area contributed by atoms with E-state index < -0.39 is 5.97 Å². The number of hydrogen-bond acceptors (Lipinski definition) is 3. The summed E-state index contributed by atoms with van der Waals surface area (Å²) >= 11 is 13.1. The Hall–Kier alpha value is -1.82. The van der Waals surface area contributed by atoms with E-state index in [1.807, 2.05) is 0 Å². The van der Waals surface area contributed by atoms with E-state index in [4.69, 9.17) is 28.3 Å². The van der Waals surface area contributed by atoms with Gasteiger partial charge in [0.1, 0.15) is 0 Å². The molecule has 1 aromatic carbocycles. The van der Waals surface area contributed by atoms with E-state index in [9.17, 15) is 9.59 Å². The van der Waals surface area contributed by atoms with Crippen LogP contribution in [0, 0.1) is 0 Å². The largest absolute Gasteiger partial charge is 0.478 e. The van der Waals surface area contributed by atoms with Crippen LogP contribution in [0.1, 0.15) is 15.2 Å². The van der Waals surface area contributed by atoms with Gasteiger partial charge >= 0.3 is 5.97 Å². The third kappa shape index (κ3) is 4.32. The van der Waals surface area contributed by atoms with Crippen molar-refractivity contribution in [2.75, 3.05) is 5.32 Å². The Bertz CT molecular complexity index is 725. The third-order valence-corrected chi connectivity index (χ3v) is 3.91. The van der Waals surface area contributed by atoms with Gasteiger partial charge in [-0.05, 0) is 30.3 Å². The molecule has 0 saturated heterocycles. The first-order valence-electron chi connectivity index (χ1n) is 5.71. The molecular formula is C14H9Cl2NO3S. The number of nitrogens with one attached hydrogen (secondary N) is 1. The van der Waals surface area contributed by atoms with Crippen molar-refractivity contribution < 1.29 is 14.7 Å². The molecule has 108 valence electrons. The summed E-state index contributed by atoms with van der Waals surface area (Å²) in [7, 11) is 0. The normalized spacial score (nSPS) is 10.8. The van der Waals surface area contributed by atoms with Gasteiger partial charge in [-0.3, -0.25) is 4.79 Å². The highest BCUT2D eigenvalue weighted by molar-refractivity contribution is 7.11. The summed E-state index contributed by atoms with van der Waals surface area (Å²) in [4.78, 5) is 23.2. The first-order valence-corrected chi connectivity index (χ1v) is 7.35. The number of carbonyl (C=O) groups is 2. The molecule has 0 spiro atoms. The number of carboxylic acid groups (broad SMARTS) is 1. The first-order chi connectivity index (χ1) is 9.95.